The number of nitrogens with zero attached hydrogens (tertiary/aromatic N) is 2. The first-order valence-electron chi connectivity index (χ1n) is 11.8. The van der Waals surface area contributed by atoms with Crippen LogP contribution in [0.15, 0.2) is 66.9 Å². The van der Waals surface area contributed by atoms with E-state index in [1.807, 2.05) is 30.5 Å². The third kappa shape index (κ3) is 4.33. The summed E-state index contributed by atoms with van der Waals surface area (Å²) < 4.78 is 26.9. The molecule has 0 N–H and O–H groups in total. The first-order valence-corrected chi connectivity index (χ1v) is 11.8. The van der Waals surface area contributed by atoms with Crippen molar-refractivity contribution in [2.24, 2.45) is 0 Å². The minimum absolute atomic E-state index is 0.153. The van der Waals surface area contributed by atoms with E-state index in [2.05, 4.69) is 22.0 Å². The van der Waals surface area contributed by atoms with Crippen molar-refractivity contribution in [3.63, 3.8) is 0 Å². The Hall–Kier alpha value is -2.59. The van der Waals surface area contributed by atoms with E-state index in [9.17, 15) is 8.78 Å². The fourth-order valence-corrected chi connectivity index (χ4v) is 5.77. The van der Waals surface area contributed by atoms with Crippen LogP contribution in [0.1, 0.15) is 60.4 Å². The van der Waals surface area contributed by atoms with Crippen LogP contribution >= 0.6 is 0 Å². The summed E-state index contributed by atoms with van der Waals surface area (Å²) in [6, 6.07) is 17.9. The van der Waals surface area contributed by atoms with E-state index in [1.54, 1.807) is 0 Å². The number of aryl methyl sites for hydroxylation is 1. The third-order valence-corrected chi connectivity index (χ3v) is 7.63. The van der Waals surface area contributed by atoms with Crippen molar-refractivity contribution in [3.8, 4) is 0 Å². The Balaban J connectivity index is 1.21. The van der Waals surface area contributed by atoms with Crippen molar-refractivity contribution in [1.82, 2.24) is 9.88 Å². The van der Waals surface area contributed by atoms with Crippen LogP contribution < -0.4 is 0 Å². The number of piperidine rings is 1. The van der Waals surface area contributed by atoms with Crippen LogP contribution in [0.2, 0.25) is 0 Å². The first-order chi connectivity index (χ1) is 15.6. The fourth-order valence-electron chi connectivity index (χ4n) is 5.77. The number of hydrogen-bond acceptors (Lipinski definition) is 2. The van der Waals surface area contributed by atoms with Crippen molar-refractivity contribution in [1.29, 1.82) is 0 Å². The number of rotatable bonds is 6. The Morgan fingerprint density at radius 2 is 1.47 bits per heavy atom. The van der Waals surface area contributed by atoms with Crippen molar-refractivity contribution in [3.05, 3.63) is 101 Å². The Kier molecular flexibility index (Phi) is 6.05. The van der Waals surface area contributed by atoms with Gasteiger partial charge in [-0.25, -0.2) is 8.78 Å². The highest BCUT2D eigenvalue weighted by atomic mass is 19.1. The normalized spacial score (nSPS) is 17.7. The molecule has 1 saturated heterocycles. The molecule has 0 atom stereocenters. The first kappa shape index (κ1) is 21.3. The predicted molar refractivity (Wildman–Crippen MR) is 124 cm³/mol. The Labute approximate surface area is 189 Å². The van der Waals surface area contributed by atoms with Gasteiger partial charge in [0.05, 0.1) is 0 Å². The minimum atomic E-state index is -0.225. The summed E-state index contributed by atoms with van der Waals surface area (Å²) in [5, 5.41) is 0. The summed E-state index contributed by atoms with van der Waals surface area (Å²) >= 11 is 0. The molecule has 2 nitrogen and oxygen atoms in total. The molecule has 4 heteroatoms. The maximum Gasteiger partial charge on any atom is 0.123 e. The van der Waals surface area contributed by atoms with Crippen molar-refractivity contribution in [2.75, 3.05) is 19.6 Å². The van der Waals surface area contributed by atoms with Gasteiger partial charge in [0, 0.05) is 17.8 Å². The molecule has 0 radical (unpaired) electrons. The second-order valence-corrected chi connectivity index (χ2v) is 9.42. The molecule has 1 spiro atoms. The highest BCUT2D eigenvalue weighted by Gasteiger charge is 2.41. The van der Waals surface area contributed by atoms with E-state index in [-0.39, 0.29) is 17.6 Å². The number of fused-ring (bicyclic) bond motifs is 2. The lowest BCUT2D eigenvalue weighted by molar-refractivity contribution is 0.156. The molecule has 1 aliphatic carbocycles. The van der Waals surface area contributed by atoms with E-state index in [4.69, 9.17) is 0 Å². The number of aromatic nitrogens is 1. The summed E-state index contributed by atoms with van der Waals surface area (Å²) in [6.45, 7) is 3.33. The fraction of sp³-hybridized carbons (Fsp3) is 0.393. The van der Waals surface area contributed by atoms with Gasteiger partial charge in [0.2, 0.25) is 0 Å². The molecule has 5 rings (SSSR count). The van der Waals surface area contributed by atoms with Gasteiger partial charge in [0.15, 0.2) is 0 Å². The number of likely N-dealkylation sites (tertiary alicyclic amines) is 1. The molecule has 2 aromatic carbocycles. The molecule has 32 heavy (non-hydrogen) atoms. The third-order valence-electron chi connectivity index (χ3n) is 7.63. The summed E-state index contributed by atoms with van der Waals surface area (Å²) in [7, 11) is 0. The van der Waals surface area contributed by atoms with Crippen LogP contribution in [0.4, 0.5) is 8.78 Å². The summed E-state index contributed by atoms with van der Waals surface area (Å²) in [5.74, 6) is -0.296. The van der Waals surface area contributed by atoms with Crippen LogP contribution in [0.5, 0.6) is 0 Å². The van der Waals surface area contributed by atoms with Crippen LogP contribution in [-0.2, 0) is 11.8 Å². The monoisotopic (exact) mass is 432 g/mol. The lowest BCUT2D eigenvalue weighted by Crippen LogP contribution is -2.41. The second kappa shape index (κ2) is 9.11. The number of pyridine rings is 1. The lowest BCUT2D eigenvalue weighted by atomic mass is 9.74. The van der Waals surface area contributed by atoms with Gasteiger partial charge in [-0.2, -0.15) is 0 Å². The van der Waals surface area contributed by atoms with Gasteiger partial charge >= 0.3 is 0 Å². The van der Waals surface area contributed by atoms with Crippen LogP contribution in [0.3, 0.4) is 0 Å². The molecule has 0 amide bonds. The van der Waals surface area contributed by atoms with Crippen LogP contribution in [-0.4, -0.2) is 29.5 Å². The average Bonchev–Trinajstić information content (AvgIpc) is 3.18. The zero-order chi connectivity index (χ0) is 22.0. The van der Waals surface area contributed by atoms with E-state index >= 15 is 0 Å². The molecule has 2 heterocycles. The van der Waals surface area contributed by atoms with E-state index in [1.165, 1.54) is 54.8 Å². The molecule has 1 fully saturated rings. The Bertz CT molecular complexity index is 992. The van der Waals surface area contributed by atoms with Gasteiger partial charge in [-0.15, -0.1) is 0 Å². The highest BCUT2D eigenvalue weighted by Crippen LogP contribution is 2.45. The Morgan fingerprint density at radius 1 is 0.844 bits per heavy atom. The summed E-state index contributed by atoms with van der Waals surface area (Å²) in [4.78, 5) is 7.19. The van der Waals surface area contributed by atoms with Gasteiger partial charge in [0.25, 0.3) is 0 Å². The molecule has 0 bridgehead atoms. The van der Waals surface area contributed by atoms with Crippen LogP contribution in [0.25, 0.3) is 0 Å². The van der Waals surface area contributed by atoms with Crippen molar-refractivity contribution >= 4 is 0 Å². The average molecular weight is 433 g/mol. The minimum Gasteiger partial charge on any atom is -0.303 e. The topological polar surface area (TPSA) is 16.1 Å². The summed E-state index contributed by atoms with van der Waals surface area (Å²) in [6.07, 6.45) is 8.73. The Morgan fingerprint density at radius 3 is 2.09 bits per heavy atom. The molecule has 2 aliphatic rings. The standard InChI is InChI=1S/C28H30F2N2/c29-23-9-5-21(6-10-23)25(22-7-11-24(30)12-8-22)3-2-18-32-19-15-28(16-20-32)14-13-27-26(28)4-1-17-31-27/h1,4-12,17,25H,2-3,13-16,18-20H2. The maximum absolute atomic E-state index is 13.5. The quantitative estimate of drug-likeness (QED) is 0.458. The molecule has 3 aromatic rings. The predicted octanol–water partition coefficient (Wildman–Crippen LogP) is 6.25. The molecule has 0 unspecified atom stereocenters. The van der Waals surface area contributed by atoms with Gasteiger partial charge < -0.3 is 4.90 Å². The summed E-state index contributed by atoms with van der Waals surface area (Å²) in [5.41, 5.74) is 5.32. The number of benzene rings is 2. The molecular weight excluding hydrogens is 402 g/mol. The molecule has 0 saturated carbocycles. The smallest absolute Gasteiger partial charge is 0.123 e. The maximum atomic E-state index is 13.5. The van der Waals surface area contributed by atoms with E-state index in [0.717, 1.165) is 50.0 Å². The zero-order valence-corrected chi connectivity index (χ0v) is 18.4. The van der Waals surface area contributed by atoms with E-state index < -0.39 is 0 Å². The van der Waals surface area contributed by atoms with Gasteiger partial charge in [-0.05, 0) is 111 Å². The van der Waals surface area contributed by atoms with Crippen LogP contribution in [0, 0.1) is 11.6 Å². The second-order valence-electron chi connectivity index (χ2n) is 9.42. The van der Waals surface area contributed by atoms with Crippen molar-refractivity contribution in [2.45, 2.75) is 49.9 Å². The van der Waals surface area contributed by atoms with Gasteiger partial charge in [0.1, 0.15) is 11.6 Å². The van der Waals surface area contributed by atoms with Gasteiger partial charge in [-0.1, -0.05) is 30.3 Å². The number of halogens is 2. The molecule has 1 aromatic heterocycles. The SMILES string of the molecule is Fc1ccc(C(CCCN2CCC3(CCc4ncccc43)CC2)c2ccc(F)cc2)cc1. The van der Waals surface area contributed by atoms with Gasteiger partial charge in [-0.3, -0.25) is 4.98 Å². The van der Waals surface area contributed by atoms with E-state index in [0.29, 0.717) is 5.41 Å². The highest BCUT2D eigenvalue weighted by molar-refractivity contribution is 5.35. The van der Waals surface area contributed by atoms with Crippen molar-refractivity contribution < 1.29 is 8.78 Å². The largest absolute Gasteiger partial charge is 0.303 e. The molecule has 1 aliphatic heterocycles. The number of hydrogen-bond donors (Lipinski definition) is 0. The molecule has 166 valence electrons. The zero-order valence-electron chi connectivity index (χ0n) is 18.4. The lowest BCUT2D eigenvalue weighted by Gasteiger charge is -2.40. The molecular formula is C28H30F2N2.